The Labute approximate surface area is 80.9 Å². The number of aliphatic hydroxyl groups is 1. The van der Waals surface area contributed by atoms with Crippen molar-refractivity contribution in [1.29, 1.82) is 0 Å². The van der Waals surface area contributed by atoms with Crippen LogP contribution in [-0.4, -0.2) is 40.4 Å². The minimum atomic E-state index is -0.102. The smallest absolute Gasteiger partial charge is 0.236 e. The maximum Gasteiger partial charge on any atom is 0.236 e. The van der Waals surface area contributed by atoms with Gasteiger partial charge in [-0.2, -0.15) is 0 Å². The van der Waals surface area contributed by atoms with Crippen LogP contribution in [0.2, 0.25) is 0 Å². The van der Waals surface area contributed by atoms with E-state index in [1.54, 1.807) is 4.90 Å². The van der Waals surface area contributed by atoms with Gasteiger partial charge in [0.1, 0.15) is 0 Å². The van der Waals surface area contributed by atoms with Gasteiger partial charge in [-0.05, 0) is 13.3 Å². The Morgan fingerprint density at radius 3 is 2.92 bits per heavy atom. The first-order valence-electron chi connectivity index (χ1n) is 4.19. The van der Waals surface area contributed by atoms with E-state index >= 15 is 0 Å². The molecule has 1 fully saturated rings. The fourth-order valence-corrected chi connectivity index (χ4v) is 1.72. The fraction of sp³-hybridized carbons (Fsp3) is 0.875. The summed E-state index contributed by atoms with van der Waals surface area (Å²) in [4.78, 5) is 13.1. The van der Waals surface area contributed by atoms with Gasteiger partial charge in [0.05, 0.1) is 4.83 Å². The van der Waals surface area contributed by atoms with E-state index in [0.717, 1.165) is 13.0 Å². The third-order valence-corrected chi connectivity index (χ3v) is 2.59. The van der Waals surface area contributed by atoms with Gasteiger partial charge in [-0.3, -0.25) is 4.79 Å². The molecule has 1 aliphatic heterocycles. The fourth-order valence-electron chi connectivity index (χ4n) is 1.43. The van der Waals surface area contributed by atoms with E-state index in [9.17, 15) is 4.79 Å². The zero-order valence-corrected chi connectivity index (χ0v) is 8.75. The molecule has 3 nitrogen and oxygen atoms in total. The van der Waals surface area contributed by atoms with Crippen LogP contribution in [0.3, 0.4) is 0 Å². The average molecular weight is 236 g/mol. The van der Waals surface area contributed by atoms with Crippen LogP contribution in [0.5, 0.6) is 0 Å². The number of hydrogen-bond acceptors (Lipinski definition) is 2. The Morgan fingerprint density at radius 1 is 1.83 bits per heavy atom. The van der Waals surface area contributed by atoms with Crippen molar-refractivity contribution in [2.75, 3.05) is 19.7 Å². The van der Waals surface area contributed by atoms with Crippen molar-refractivity contribution in [1.82, 2.24) is 4.90 Å². The van der Waals surface area contributed by atoms with Crippen LogP contribution in [0.25, 0.3) is 0 Å². The molecule has 1 aliphatic rings. The largest absolute Gasteiger partial charge is 0.396 e. The van der Waals surface area contributed by atoms with Crippen LogP contribution in [0.15, 0.2) is 0 Å². The molecule has 2 unspecified atom stereocenters. The minimum Gasteiger partial charge on any atom is -0.396 e. The summed E-state index contributed by atoms with van der Waals surface area (Å²) in [5.74, 6) is 0.422. The number of likely N-dealkylation sites (tertiary alicyclic amines) is 1. The molecule has 0 aromatic heterocycles. The standard InChI is InChI=1S/C8H14BrNO2/c1-6(9)8(12)10-3-2-7(4-10)5-11/h6-7,11H,2-5H2,1H3. The van der Waals surface area contributed by atoms with Gasteiger partial charge in [-0.15, -0.1) is 0 Å². The zero-order valence-electron chi connectivity index (χ0n) is 7.16. The molecule has 4 heteroatoms. The van der Waals surface area contributed by atoms with Gasteiger partial charge in [0, 0.05) is 25.6 Å². The summed E-state index contributed by atoms with van der Waals surface area (Å²) < 4.78 is 0. The van der Waals surface area contributed by atoms with Crippen molar-refractivity contribution < 1.29 is 9.90 Å². The molecule has 1 amide bonds. The number of alkyl halides is 1. The van der Waals surface area contributed by atoms with E-state index in [-0.39, 0.29) is 17.3 Å². The number of aliphatic hydroxyl groups excluding tert-OH is 1. The van der Waals surface area contributed by atoms with Gasteiger partial charge in [0.25, 0.3) is 0 Å². The van der Waals surface area contributed by atoms with Crippen molar-refractivity contribution in [2.24, 2.45) is 5.92 Å². The van der Waals surface area contributed by atoms with Crippen molar-refractivity contribution in [3.05, 3.63) is 0 Å². The Kier molecular flexibility index (Phi) is 3.53. The predicted octanol–water partition coefficient (Wildman–Crippen LogP) is 0.611. The van der Waals surface area contributed by atoms with E-state index in [2.05, 4.69) is 15.9 Å². The first kappa shape index (κ1) is 9.99. The summed E-state index contributed by atoms with van der Waals surface area (Å²) in [6.07, 6.45) is 0.933. The van der Waals surface area contributed by atoms with Gasteiger partial charge < -0.3 is 10.0 Å². The molecule has 1 N–H and O–H groups in total. The summed E-state index contributed by atoms with van der Waals surface area (Å²) in [6, 6.07) is 0. The van der Waals surface area contributed by atoms with Crippen LogP contribution < -0.4 is 0 Å². The molecule has 1 heterocycles. The maximum atomic E-state index is 11.4. The summed E-state index contributed by atoms with van der Waals surface area (Å²) in [5.41, 5.74) is 0. The first-order chi connectivity index (χ1) is 5.65. The Bertz CT molecular complexity index is 172. The third-order valence-electron chi connectivity index (χ3n) is 2.20. The predicted molar refractivity (Wildman–Crippen MR) is 50.2 cm³/mol. The van der Waals surface area contributed by atoms with Gasteiger partial charge in [-0.1, -0.05) is 15.9 Å². The number of nitrogens with zero attached hydrogens (tertiary/aromatic N) is 1. The summed E-state index contributed by atoms with van der Waals surface area (Å²) >= 11 is 3.24. The molecule has 0 aromatic rings. The Hall–Kier alpha value is -0.0900. The second-order valence-corrected chi connectivity index (χ2v) is 4.61. The monoisotopic (exact) mass is 235 g/mol. The van der Waals surface area contributed by atoms with Crippen molar-refractivity contribution in [2.45, 2.75) is 18.2 Å². The molecule has 70 valence electrons. The number of carbonyl (C=O) groups is 1. The molecule has 0 aromatic carbocycles. The lowest BCUT2D eigenvalue weighted by atomic mass is 10.1. The molecule has 0 aliphatic carbocycles. The van der Waals surface area contributed by atoms with E-state index in [4.69, 9.17) is 5.11 Å². The molecule has 0 saturated carbocycles. The third kappa shape index (κ3) is 2.20. The zero-order chi connectivity index (χ0) is 9.14. The highest BCUT2D eigenvalue weighted by molar-refractivity contribution is 9.10. The summed E-state index contributed by atoms with van der Waals surface area (Å²) in [5, 5.41) is 8.85. The molecular formula is C8H14BrNO2. The van der Waals surface area contributed by atoms with Crippen molar-refractivity contribution in [3.8, 4) is 0 Å². The summed E-state index contributed by atoms with van der Waals surface area (Å²) in [7, 11) is 0. The number of rotatable bonds is 2. The van der Waals surface area contributed by atoms with Gasteiger partial charge >= 0.3 is 0 Å². The minimum absolute atomic E-state index is 0.102. The van der Waals surface area contributed by atoms with Crippen LogP contribution in [0, 0.1) is 5.92 Å². The van der Waals surface area contributed by atoms with Crippen LogP contribution >= 0.6 is 15.9 Å². The molecule has 2 atom stereocenters. The number of halogens is 1. The van der Waals surface area contributed by atoms with E-state index in [1.807, 2.05) is 6.92 Å². The number of carbonyl (C=O) groups excluding carboxylic acids is 1. The quantitative estimate of drug-likeness (QED) is 0.713. The second kappa shape index (κ2) is 4.23. The maximum absolute atomic E-state index is 11.4. The van der Waals surface area contributed by atoms with Crippen molar-refractivity contribution in [3.63, 3.8) is 0 Å². The van der Waals surface area contributed by atoms with Gasteiger partial charge in [0.2, 0.25) is 5.91 Å². The van der Waals surface area contributed by atoms with Gasteiger partial charge in [-0.25, -0.2) is 0 Å². The topological polar surface area (TPSA) is 40.5 Å². The summed E-state index contributed by atoms with van der Waals surface area (Å²) in [6.45, 7) is 3.53. The van der Waals surface area contributed by atoms with Crippen molar-refractivity contribution >= 4 is 21.8 Å². The number of hydrogen-bond donors (Lipinski definition) is 1. The van der Waals surface area contributed by atoms with Crippen LogP contribution in [0.1, 0.15) is 13.3 Å². The van der Waals surface area contributed by atoms with Crippen LogP contribution in [-0.2, 0) is 4.79 Å². The highest BCUT2D eigenvalue weighted by Crippen LogP contribution is 2.17. The average Bonchev–Trinajstić information content (AvgIpc) is 2.50. The highest BCUT2D eigenvalue weighted by Gasteiger charge is 2.27. The number of amides is 1. The highest BCUT2D eigenvalue weighted by atomic mass is 79.9. The molecule has 0 bridgehead atoms. The lowest BCUT2D eigenvalue weighted by Gasteiger charge is -2.17. The van der Waals surface area contributed by atoms with E-state index in [0.29, 0.717) is 12.5 Å². The molecule has 0 radical (unpaired) electrons. The normalized spacial score (nSPS) is 25.9. The first-order valence-corrected chi connectivity index (χ1v) is 5.10. The molecule has 1 rings (SSSR count). The van der Waals surface area contributed by atoms with Gasteiger partial charge in [0.15, 0.2) is 0 Å². The molecule has 0 spiro atoms. The lowest BCUT2D eigenvalue weighted by Crippen LogP contribution is -2.33. The molecule has 12 heavy (non-hydrogen) atoms. The Balaban J connectivity index is 2.41. The second-order valence-electron chi connectivity index (χ2n) is 3.24. The molecular weight excluding hydrogens is 222 g/mol. The van der Waals surface area contributed by atoms with E-state index in [1.165, 1.54) is 0 Å². The molecule has 1 saturated heterocycles. The van der Waals surface area contributed by atoms with Crippen LogP contribution in [0.4, 0.5) is 0 Å². The van der Waals surface area contributed by atoms with E-state index < -0.39 is 0 Å². The SMILES string of the molecule is CC(Br)C(=O)N1CCC(CO)C1. The Morgan fingerprint density at radius 2 is 2.50 bits per heavy atom. The lowest BCUT2D eigenvalue weighted by molar-refractivity contribution is -0.129.